The van der Waals surface area contributed by atoms with Crippen LogP contribution in [0.25, 0.3) is 10.9 Å². The molecule has 5 heteroatoms. The molecule has 1 atom stereocenters. The Morgan fingerprint density at radius 1 is 1.32 bits per heavy atom. The van der Waals surface area contributed by atoms with Crippen LogP contribution in [0, 0.1) is 0 Å². The Morgan fingerprint density at radius 3 is 2.82 bits per heavy atom. The average Bonchev–Trinajstić information content (AvgIpc) is 2.90. The highest BCUT2D eigenvalue weighted by atomic mass is 16.5. The lowest BCUT2D eigenvalue weighted by Gasteiger charge is -2.16. The van der Waals surface area contributed by atoms with E-state index in [9.17, 15) is 9.59 Å². The molecule has 22 heavy (non-hydrogen) atoms. The molecule has 118 valence electrons. The Bertz CT molecular complexity index is 648. The van der Waals surface area contributed by atoms with Gasteiger partial charge in [0, 0.05) is 30.4 Å². The van der Waals surface area contributed by atoms with Gasteiger partial charge >= 0.3 is 5.97 Å². The van der Waals surface area contributed by atoms with E-state index in [0.717, 1.165) is 29.3 Å². The van der Waals surface area contributed by atoms with Gasteiger partial charge in [0.15, 0.2) is 0 Å². The first-order valence-corrected chi connectivity index (χ1v) is 7.60. The number of aromatic amines is 1. The molecule has 2 N–H and O–H groups in total. The van der Waals surface area contributed by atoms with Crippen molar-refractivity contribution in [2.24, 2.45) is 0 Å². The standard InChI is InChI=1S/C17H22N2O3/c1-3-4-9-22-17(21)16(19-12(2)20)10-13-11-18-15-8-6-5-7-14(13)15/h5-8,11,16,18H,3-4,9-10H2,1-2H3,(H,19,20)/t16-/m0/s1. The molecule has 0 bridgehead atoms. The van der Waals surface area contributed by atoms with Gasteiger partial charge in [0.1, 0.15) is 6.04 Å². The molecule has 0 aliphatic rings. The van der Waals surface area contributed by atoms with Crippen molar-refractivity contribution in [3.63, 3.8) is 0 Å². The van der Waals surface area contributed by atoms with Crippen LogP contribution in [0.5, 0.6) is 0 Å². The number of ether oxygens (including phenoxy) is 1. The second kappa shape index (κ2) is 7.64. The average molecular weight is 302 g/mol. The largest absolute Gasteiger partial charge is 0.464 e. The van der Waals surface area contributed by atoms with Gasteiger partial charge in [-0.25, -0.2) is 4.79 Å². The first-order valence-electron chi connectivity index (χ1n) is 7.60. The molecule has 5 nitrogen and oxygen atoms in total. The molecule has 0 aliphatic heterocycles. The minimum absolute atomic E-state index is 0.239. The van der Waals surface area contributed by atoms with Crippen LogP contribution in [0.1, 0.15) is 32.3 Å². The van der Waals surface area contributed by atoms with E-state index in [1.165, 1.54) is 6.92 Å². The van der Waals surface area contributed by atoms with Crippen molar-refractivity contribution in [2.75, 3.05) is 6.61 Å². The molecule has 1 aromatic heterocycles. The van der Waals surface area contributed by atoms with Crippen LogP contribution >= 0.6 is 0 Å². The highest BCUT2D eigenvalue weighted by Crippen LogP contribution is 2.19. The summed E-state index contributed by atoms with van der Waals surface area (Å²) in [4.78, 5) is 26.7. The number of esters is 1. The van der Waals surface area contributed by atoms with E-state index in [-0.39, 0.29) is 11.9 Å². The molecule has 2 rings (SSSR count). The highest BCUT2D eigenvalue weighted by Gasteiger charge is 2.22. The quantitative estimate of drug-likeness (QED) is 0.610. The normalized spacial score (nSPS) is 12.1. The van der Waals surface area contributed by atoms with Gasteiger partial charge < -0.3 is 15.0 Å². The highest BCUT2D eigenvalue weighted by molar-refractivity contribution is 5.86. The van der Waals surface area contributed by atoms with Crippen molar-refractivity contribution in [1.82, 2.24) is 10.3 Å². The fourth-order valence-electron chi connectivity index (χ4n) is 2.38. The molecule has 0 aliphatic carbocycles. The summed E-state index contributed by atoms with van der Waals surface area (Å²) in [6, 6.07) is 7.22. The van der Waals surface area contributed by atoms with Crippen molar-refractivity contribution in [3.8, 4) is 0 Å². The van der Waals surface area contributed by atoms with Crippen LogP contribution in [0.4, 0.5) is 0 Å². The number of carbonyl (C=O) groups excluding carboxylic acids is 2. The van der Waals surface area contributed by atoms with E-state index in [1.54, 1.807) is 0 Å². The molecule has 2 aromatic rings. The predicted octanol–water partition coefficient (Wildman–Crippen LogP) is 2.56. The second-order valence-electron chi connectivity index (χ2n) is 5.34. The summed E-state index contributed by atoms with van der Waals surface area (Å²) < 4.78 is 5.24. The van der Waals surface area contributed by atoms with Gasteiger partial charge in [-0.1, -0.05) is 31.5 Å². The summed E-state index contributed by atoms with van der Waals surface area (Å²) in [7, 11) is 0. The molecule has 0 saturated carbocycles. The Labute approximate surface area is 130 Å². The number of hydrogen-bond acceptors (Lipinski definition) is 3. The van der Waals surface area contributed by atoms with Gasteiger partial charge in [0.05, 0.1) is 6.61 Å². The van der Waals surface area contributed by atoms with Crippen LogP contribution in [-0.2, 0) is 20.7 Å². The minimum Gasteiger partial charge on any atom is -0.464 e. The number of carbonyl (C=O) groups is 2. The van der Waals surface area contributed by atoms with E-state index in [2.05, 4.69) is 10.3 Å². The number of hydrogen-bond donors (Lipinski definition) is 2. The maximum Gasteiger partial charge on any atom is 0.328 e. The van der Waals surface area contributed by atoms with Gasteiger partial charge in [-0.3, -0.25) is 4.79 Å². The van der Waals surface area contributed by atoms with Crippen molar-refractivity contribution in [1.29, 1.82) is 0 Å². The number of benzene rings is 1. The number of amides is 1. The summed E-state index contributed by atoms with van der Waals surface area (Å²) in [5, 5.41) is 3.74. The number of rotatable bonds is 7. The molecule has 0 saturated heterocycles. The molecule has 0 unspecified atom stereocenters. The Morgan fingerprint density at radius 2 is 2.09 bits per heavy atom. The fraction of sp³-hybridized carbons (Fsp3) is 0.412. The van der Waals surface area contributed by atoms with Crippen LogP contribution in [0.15, 0.2) is 30.5 Å². The van der Waals surface area contributed by atoms with Gasteiger partial charge in [-0.05, 0) is 18.1 Å². The third-order valence-corrected chi connectivity index (χ3v) is 3.50. The van der Waals surface area contributed by atoms with Crippen LogP contribution in [0.2, 0.25) is 0 Å². The summed E-state index contributed by atoms with van der Waals surface area (Å²) in [5.41, 5.74) is 2.00. The zero-order valence-electron chi connectivity index (χ0n) is 13.0. The number of unbranched alkanes of at least 4 members (excludes halogenated alkanes) is 1. The molecular formula is C17H22N2O3. The summed E-state index contributed by atoms with van der Waals surface area (Å²) >= 11 is 0. The van der Waals surface area contributed by atoms with E-state index in [0.29, 0.717) is 13.0 Å². The zero-order valence-corrected chi connectivity index (χ0v) is 13.0. The monoisotopic (exact) mass is 302 g/mol. The lowest BCUT2D eigenvalue weighted by atomic mass is 10.0. The Balaban J connectivity index is 2.12. The third-order valence-electron chi connectivity index (χ3n) is 3.50. The number of fused-ring (bicyclic) bond motifs is 1. The van der Waals surface area contributed by atoms with Crippen molar-refractivity contribution < 1.29 is 14.3 Å². The topological polar surface area (TPSA) is 71.2 Å². The SMILES string of the molecule is CCCCOC(=O)[C@H](Cc1c[nH]c2ccccc12)NC(C)=O. The van der Waals surface area contributed by atoms with Gasteiger partial charge in [-0.15, -0.1) is 0 Å². The van der Waals surface area contributed by atoms with Crippen molar-refractivity contribution in [2.45, 2.75) is 39.2 Å². The fourth-order valence-corrected chi connectivity index (χ4v) is 2.38. The summed E-state index contributed by atoms with van der Waals surface area (Å²) in [5.74, 6) is -0.619. The molecule has 0 fully saturated rings. The number of aromatic nitrogens is 1. The third kappa shape index (κ3) is 4.10. The second-order valence-corrected chi connectivity index (χ2v) is 5.34. The molecule has 1 heterocycles. The first-order chi connectivity index (χ1) is 10.6. The van der Waals surface area contributed by atoms with Gasteiger partial charge in [-0.2, -0.15) is 0 Å². The van der Waals surface area contributed by atoms with E-state index in [1.807, 2.05) is 37.4 Å². The smallest absolute Gasteiger partial charge is 0.328 e. The Hall–Kier alpha value is -2.30. The summed E-state index contributed by atoms with van der Waals surface area (Å²) in [6.07, 6.45) is 4.07. The number of para-hydroxylation sites is 1. The van der Waals surface area contributed by atoms with Crippen molar-refractivity contribution in [3.05, 3.63) is 36.0 Å². The van der Waals surface area contributed by atoms with Gasteiger partial charge in [0.25, 0.3) is 0 Å². The number of nitrogens with one attached hydrogen (secondary N) is 2. The first kappa shape index (κ1) is 16.1. The lowest BCUT2D eigenvalue weighted by Crippen LogP contribution is -2.42. The summed E-state index contributed by atoms with van der Waals surface area (Å²) in [6.45, 7) is 3.83. The number of H-pyrrole nitrogens is 1. The maximum absolute atomic E-state index is 12.2. The molecule has 0 radical (unpaired) electrons. The van der Waals surface area contributed by atoms with Crippen LogP contribution in [0.3, 0.4) is 0 Å². The molecule has 0 spiro atoms. The lowest BCUT2D eigenvalue weighted by molar-refractivity contribution is -0.147. The molecule has 1 amide bonds. The van der Waals surface area contributed by atoms with E-state index in [4.69, 9.17) is 4.74 Å². The van der Waals surface area contributed by atoms with Gasteiger partial charge in [0.2, 0.25) is 5.91 Å². The van der Waals surface area contributed by atoms with E-state index < -0.39 is 6.04 Å². The van der Waals surface area contributed by atoms with Crippen molar-refractivity contribution >= 4 is 22.8 Å². The Kier molecular flexibility index (Phi) is 5.58. The zero-order chi connectivity index (χ0) is 15.9. The molecular weight excluding hydrogens is 280 g/mol. The maximum atomic E-state index is 12.2. The van der Waals surface area contributed by atoms with Crippen LogP contribution in [-0.4, -0.2) is 29.5 Å². The van der Waals surface area contributed by atoms with E-state index >= 15 is 0 Å². The van der Waals surface area contributed by atoms with Crippen LogP contribution < -0.4 is 5.32 Å². The predicted molar refractivity (Wildman–Crippen MR) is 85.5 cm³/mol. The minimum atomic E-state index is -0.659. The molecule has 1 aromatic carbocycles.